The highest BCUT2D eigenvalue weighted by molar-refractivity contribution is 6.33. The molecular weight excluding hydrogens is 364 g/mol. The average Bonchev–Trinajstić information content (AvgIpc) is 3.09. The first kappa shape index (κ1) is 18.7. The van der Waals surface area contributed by atoms with Gasteiger partial charge in [0, 0.05) is 40.7 Å². The molecule has 0 atom stereocenters. The standard InChI is InChI=1S/C20H19ClN4O2/c1-3-7-23-19(12(2)22)20(26)25-18-5-4-14(11-24-18)15-10-17-13(6-8-27-17)9-16(15)21/h3-5,7,9-11H,1,6,8,22H2,2H3,(H,24,25,26)/b19-12-,23-7?. The number of benzene rings is 1. The van der Waals surface area contributed by atoms with E-state index >= 15 is 0 Å². The predicted octanol–water partition coefficient (Wildman–Crippen LogP) is 3.72. The van der Waals surface area contributed by atoms with E-state index in [9.17, 15) is 4.79 Å². The molecule has 7 heteroatoms. The van der Waals surface area contributed by atoms with Gasteiger partial charge in [-0.15, -0.1) is 0 Å². The number of nitrogens with one attached hydrogen (secondary N) is 1. The number of aromatic nitrogens is 1. The summed E-state index contributed by atoms with van der Waals surface area (Å²) in [6.07, 6.45) is 5.38. The van der Waals surface area contributed by atoms with E-state index in [0.29, 0.717) is 23.1 Å². The maximum Gasteiger partial charge on any atom is 0.277 e. The van der Waals surface area contributed by atoms with E-state index < -0.39 is 5.91 Å². The fraction of sp³-hybridized carbons (Fsp3) is 0.150. The van der Waals surface area contributed by atoms with Gasteiger partial charge in [0.15, 0.2) is 0 Å². The number of pyridine rings is 1. The van der Waals surface area contributed by atoms with E-state index in [1.807, 2.05) is 18.2 Å². The third-order valence-electron chi connectivity index (χ3n) is 3.99. The third kappa shape index (κ3) is 4.17. The summed E-state index contributed by atoms with van der Waals surface area (Å²) in [5.41, 5.74) is 8.89. The lowest BCUT2D eigenvalue weighted by Gasteiger charge is -2.09. The number of ether oxygens (including phenoxy) is 1. The lowest BCUT2D eigenvalue weighted by Crippen LogP contribution is -2.17. The van der Waals surface area contributed by atoms with Crippen LogP contribution in [0.15, 0.2) is 59.5 Å². The first-order valence-corrected chi connectivity index (χ1v) is 8.72. The van der Waals surface area contributed by atoms with Crippen molar-refractivity contribution in [3.63, 3.8) is 0 Å². The van der Waals surface area contributed by atoms with Crippen molar-refractivity contribution in [3.05, 3.63) is 65.1 Å². The van der Waals surface area contributed by atoms with E-state index in [1.54, 1.807) is 19.2 Å². The zero-order valence-corrected chi connectivity index (χ0v) is 15.6. The zero-order valence-electron chi connectivity index (χ0n) is 14.8. The molecule has 1 aromatic carbocycles. The van der Waals surface area contributed by atoms with Gasteiger partial charge in [0.25, 0.3) is 5.91 Å². The SMILES string of the molecule is C=CC=N/C(C(=O)Nc1ccc(-c2cc3c(cc2Cl)CCO3)cn1)=C(/C)N. The summed E-state index contributed by atoms with van der Waals surface area (Å²) in [5.74, 6) is 0.780. The lowest BCUT2D eigenvalue weighted by atomic mass is 10.0. The molecular formula is C20H19ClN4O2. The van der Waals surface area contributed by atoms with Crippen LogP contribution in [0.5, 0.6) is 5.75 Å². The Hall–Kier alpha value is -3.12. The molecule has 0 spiro atoms. The van der Waals surface area contributed by atoms with Crippen LogP contribution in [0.3, 0.4) is 0 Å². The molecule has 1 amide bonds. The smallest absolute Gasteiger partial charge is 0.277 e. The average molecular weight is 383 g/mol. The van der Waals surface area contributed by atoms with E-state index in [4.69, 9.17) is 22.1 Å². The summed E-state index contributed by atoms with van der Waals surface area (Å²) in [7, 11) is 0. The second-order valence-electron chi connectivity index (χ2n) is 5.97. The number of amides is 1. The number of nitrogens with two attached hydrogens (primary N) is 1. The molecule has 6 nitrogen and oxygen atoms in total. The molecule has 1 aliphatic rings. The second kappa shape index (κ2) is 8.05. The number of rotatable bonds is 5. The Labute approximate surface area is 162 Å². The van der Waals surface area contributed by atoms with Gasteiger partial charge in [-0.25, -0.2) is 9.98 Å². The Bertz CT molecular complexity index is 945. The van der Waals surface area contributed by atoms with E-state index in [-0.39, 0.29) is 5.70 Å². The van der Waals surface area contributed by atoms with Crippen LogP contribution in [0.1, 0.15) is 12.5 Å². The summed E-state index contributed by atoms with van der Waals surface area (Å²) in [4.78, 5) is 20.6. The van der Waals surface area contributed by atoms with E-state index in [0.717, 1.165) is 28.9 Å². The first-order valence-electron chi connectivity index (χ1n) is 8.34. The third-order valence-corrected chi connectivity index (χ3v) is 4.31. The molecule has 3 N–H and O–H groups in total. The number of aliphatic imine (C=N–C) groups is 1. The van der Waals surface area contributed by atoms with E-state index in [1.165, 1.54) is 12.3 Å². The summed E-state index contributed by atoms with van der Waals surface area (Å²) in [6.45, 7) is 5.80. The maximum absolute atomic E-state index is 12.3. The molecule has 2 heterocycles. The maximum atomic E-state index is 12.3. The number of hydrogen-bond acceptors (Lipinski definition) is 5. The molecule has 0 saturated heterocycles. The van der Waals surface area contributed by atoms with Crippen LogP contribution in [0.25, 0.3) is 11.1 Å². The number of nitrogens with zero attached hydrogens (tertiary/aromatic N) is 2. The topological polar surface area (TPSA) is 89.6 Å². The number of fused-ring (bicyclic) bond motifs is 1. The van der Waals surface area contributed by atoms with Crippen LogP contribution in [-0.2, 0) is 11.2 Å². The number of carbonyl (C=O) groups excluding carboxylic acids is 1. The molecule has 138 valence electrons. The molecule has 27 heavy (non-hydrogen) atoms. The van der Waals surface area contributed by atoms with Gasteiger partial charge in [0.2, 0.25) is 0 Å². The Balaban J connectivity index is 1.80. The Morgan fingerprint density at radius 1 is 1.44 bits per heavy atom. The highest BCUT2D eigenvalue weighted by atomic mass is 35.5. The molecule has 3 rings (SSSR count). The number of allylic oxidation sites excluding steroid dienone is 2. The zero-order chi connectivity index (χ0) is 19.4. The van der Waals surface area contributed by atoms with Gasteiger partial charge in [-0.1, -0.05) is 24.3 Å². The number of carbonyl (C=O) groups is 1. The minimum Gasteiger partial charge on any atom is -0.493 e. The number of anilines is 1. The number of halogens is 1. The summed E-state index contributed by atoms with van der Waals surface area (Å²) >= 11 is 6.39. The molecule has 1 aromatic heterocycles. The Morgan fingerprint density at radius 3 is 2.93 bits per heavy atom. The molecule has 2 aromatic rings. The lowest BCUT2D eigenvalue weighted by molar-refractivity contribution is -0.112. The van der Waals surface area contributed by atoms with Crippen molar-refractivity contribution in [1.29, 1.82) is 0 Å². The van der Waals surface area contributed by atoms with Crippen LogP contribution >= 0.6 is 11.6 Å². The highest BCUT2D eigenvalue weighted by Gasteiger charge is 2.17. The normalized spacial score (nSPS) is 13.7. The minimum absolute atomic E-state index is 0.111. The van der Waals surface area contributed by atoms with Crippen molar-refractivity contribution < 1.29 is 9.53 Å². The fourth-order valence-corrected chi connectivity index (χ4v) is 2.98. The molecule has 0 radical (unpaired) electrons. The number of hydrogen-bond donors (Lipinski definition) is 2. The molecule has 0 bridgehead atoms. The van der Waals surface area contributed by atoms with Crippen molar-refractivity contribution >= 4 is 29.5 Å². The second-order valence-corrected chi connectivity index (χ2v) is 6.38. The minimum atomic E-state index is -0.447. The highest BCUT2D eigenvalue weighted by Crippen LogP contribution is 2.36. The predicted molar refractivity (Wildman–Crippen MR) is 108 cm³/mol. The van der Waals surface area contributed by atoms with Gasteiger partial charge in [-0.3, -0.25) is 4.79 Å². The molecule has 0 saturated carbocycles. The van der Waals surface area contributed by atoms with Gasteiger partial charge in [0.05, 0.1) is 6.61 Å². The largest absolute Gasteiger partial charge is 0.493 e. The molecule has 0 fully saturated rings. The van der Waals surface area contributed by atoms with Crippen LogP contribution in [-0.4, -0.2) is 23.7 Å². The van der Waals surface area contributed by atoms with E-state index in [2.05, 4.69) is 21.9 Å². The Kier molecular flexibility index (Phi) is 5.57. The van der Waals surface area contributed by atoms with Gasteiger partial charge < -0.3 is 15.8 Å². The molecule has 0 unspecified atom stereocenters. The quantitative estimate of drug-likeness (QED) is 0.609. The van der Waals surface area contributed by atoms with Crippen molar-refractivity contribution in [1.82, 2.24) is 4.98 Å². The van der Waals surface area contributed by atoms with Crippen LogP contribution in [0, 0.1) is 0 Å². The van der Waals surface area contributed by atoms with Crippen LogP contribution in [0.4, 0.5) is 5.82 Å². The first-order chi connectivity index (χ1) is 13.0. The molecule has 1 aliphatic heterocycles. The van der Waals surface area contributed by atoms with Gasteiger partial charge >= 0.3 is 0 Å². The van der Waals surface area contributed by atoms with Crippen LogP contribution < -0.4 is 15.8 Å². The van der Waals surface area contributed by atoms with Gasteiger partial charge in [0.1, 0.15) is 17.3 Å². The Morgan fingerprint density at radius 2 is 2.26 bits per heavy atom. The summed E-state index contributed by atoms with van der Waals surface area (Å²) in [5, 5.41) is 3.31. The fourth-order valence-electron chi connectivity index (χ4n) is 2.69. The summed E-state index contributed by atoms with van der Waals surface area (Å²) < 4.78 is 5.60. The van der Waals surface area contributed by atoms with Crippen molar-refractivity contribution in [2.24, 2.45) is 10.7 Å². The molecule has 0 aliphatic carbocycles. The van der Waals surface area contributed by atoms with Crippen molar-refractivity contribution in [2.75, 3.05) is 11.9 Å². The van der Waals surface area contributed by atoms with Gasteiger partial charge in [-0.05, 0) is 36.8 Å². The monoisotopic (exact) mass is 382 g/mol. The van der Waals surface area contributed by atoms with Crippen molar-refractivity contribution in [3.8, 4) is 16.9 Å². The van der Waals surface area contributed by atoms with Gasteiger partial charge in [-0.2, -0.15) is 0 Å². The van der Waals surface area contributed by atoms with Crippen molar-refractivity contribution in [2.45, 2.75) is 13.3 Å². The summed E-state index contributed by atoms with van der Waals surface area (Å²) in [6, 6.07) is 7.37. The van der Waals surface area contributed by atoms with Crippen LogP contribution in [0.2, 0.25) is 5.02 Å².